The van der Waals surface area contributed by atoms with Gasteiger partial charge < -0.3 is 10.1 Å². The summed E-state index contributed by atoms with van der Waals surface area (Å²) in [7, 11) is 0. The van der Waals surface area contributed by atoms with Crippen LogP contribution in [0.4, 0.5) is 5.69 Å². The van der Waals surface area contributed by atoms with E-state index in [1.807, 2.05) is 37.4 Å². The summed E-state index contributed by atoms with van der Waals surface area (Å²) in [5, 5.41) is 5.60. The first-order valence-electron chi connectivity index (χ1n) is 6.31. The van der Waals surface area contributed by atoms with Gasteiger partial charge in [0, 0.05) is 17.1 Å². The third-order valence-electron chi connectivity index (χ3n) is 2.58. The predicted octanol–water partition coefficient (Wildman–Crippen LogP) is 4.93. The number of hydrogen-bond acceptors (Lipinski definition) is 4. The molecule has 0 aliphatic carbocycles. The quantitative estimate of drug-likeness (QED) is 0.619. The topological polar surface area (TPSA) is 34.1 Å². The number of hydrogen-bond donors (Lipinski definition) is 1. The van der Waals surface area contributed by atoms with Crippen molar-refractivity contribution in [2.45, 2.75) is 13.8 Å². The lowest BCUT2D eigenvalue weighted by Gasteiger charge is -2.10. The lowest BCUT2D eigenvalue weighted by Crippen LogP contribution is -2.10. The Kier molecular flexibility index (Phi) is 5.73. The number of halogens is 1. The summed E-state index contributed by atoms with van der Waals surface area (Å²) in [5.41, 5.74) is 4.53. The van der Waals surface area contributed by atoms with Gasteiger partial charge in [0.05, 0.1) is 10.5 Å². The van der Waals surface area contributed by atoms with Crippen molar-refractivity contribution in [1.29, 1.82) is 0 Å². The Morgan fingerprint density at radius 2 is 2.29 bits per heavy atom. The molecule has 0 amide bonds. The van der Waals surface area contributed by atoms with Crippen LogP contribution in [0.3, 0.4) is 0 Å². The summed E-state index contributed by atoms with van der Waals surface area (Å²) in [5.74, 6) is 0.625. The first kappa shape index (κ1) is 15.9. The molecule has 0 aliphatic heterocycles. The van der Waals surface area contributed by atoms with Gasteiger partial charge in [-0.3, -0.25) is 0 Å². The number of rotatable bonds is 5. The molecule has 0 unspecified atom stereocenters. The summed E-state index contributed by atoms with van der Waals surface area (Å²) in [6.45, 7) is 4.53. The Hall–Kier alpha value is -1.43. The number of benzene rings is 1. The summed E-state index contributed by atoms with van der Waals surface area (Å²) < 4.78 is 5.66. The van der Waals surface area contributed by atoms with Crippen LogP contribution >= 0.6 is 35.2 Å². The lowest BCUT2D eigenvalue weighted by molar-refractivity contribution is 0.362. The van der Waals surface area contributed by atoms with Crippen LogP contribution in [0.15, 0.2) is 40.7 Å². The van der Waals surface area contributed by atoms with Crippen molar-refractivity contribution >= 4 is 45.8 Å². The molecule has 0 fully saturated rings. The fourth-order valence-electron chi connectivity index (χ4n) is 1.51. The van der Waals surface area contributed by atoms with Crippen LogP contribution in [0.1, 0.15) is 19.5 Å². The average Bonchev–Trinajstić information content (AvgIpc) is 2.96. The molecule has 21 heavy (non-hydrogen) atoms. The molecule has 110 valence electrons. The SMILES string of the molecule is CC(C)=CCOc1cc(NC(=S)c2cscn2)ccc1Cl. The average molecular weight is 339 g/mol. The third kappa shape index (κ3) is 4.81. The third-order valence-corrected chi connectivity index (χ3v) is 3.79. The van der Waals surface area contributed by atoms with Crippen molar-refractivity contribution in [3.05, 3.63) is 51.5 Å². The molecule has 0 spiro atoms. The zero-order valence-electron chi connectivity index (χ0n) is 11.7. The Morgan fingerprint density at radius 3 is 2.95 bits per heavy atom. The molecular weight excluding hydrogens is 324 g/mol. The molecule has 0 aliphatic rings. The van der Waals surface area contributed by atoms with Crippen molar-refractivity contribution in [2.24, 2.45) is 0 Å². The number of thiocarbonyl (C=S) groups is 1. The van der Waals surface area contributed by atoms with E-state index in [4.69, 9.17) is 28.6 Å². The van der Waals surface area contributed by atoms with Crippen molar-refractivity contribution in [3.8, 4) is 5.75 Å². The number of aromatic nitrogens is 1. The van der Waals surface area contributed by atoms with Gasteiger partial charge in [-0.05, 0) is 32.1 Å². The molecule has 1 heterocycles. The Labute approximate surface area is 138 Å². The van der Waals surface area contributed by atoms with Crippen LogP contribution in [0.25, 0.3) is 0 Å². The molecule has 1 N–H and O–H groups in total. The molecule has 6 heteroatoms. The maximum Gasteiger partial charge on any atom is 0.140 e. The number of anilines is 1. The summed E-state index contributed by atoms with van der Waals surface area (Å²) in [4.78, 5) is 4.75. The summed E-state index contributed by atoms with van der Waals surface area (Å²) in [6, 6.07) is 5.47. The lowest BCUT2D eigenvalue weighted by atomic mass is 10.3. The fourth-order valence-corrected chi connectivity index (χ4v) is 2.53. The smallest absolute Gasteiger partial charge is 0.140 e. The number of ether oxygens (including phenoxy) is 1. The van der Waals surface area contributed by atoms with Gasteiger partial charge in [-0.25, -0.2) is 4.98 Å². The highest BCUT2D eigenvalue weighted by molar-refractivity contribution is 7.81. The maximum atomic E-state index is 6.13. The van der Waals surface area contributed by atoms with E-state index in [9.17, 15) is 0 Å². The maximum absolute atomic E-state index is 6.13. The van der Waals surface area contributed by atoms with Gasteiger partial charge in [0.2, 0.25) is 0 Å². The first-order chi connectivity index (χ1) is 10.1. The highest BCUT2D eigenvalue weighted by Gasteiger charge is 2.07. The molecule has 1 aromatic carbocycles. The van der Waals surface area contributed by atoms with Crippen LogP contribution in [0.2, 0.25) is 5.02 Å². The van der Waals surface area contributed by atoms with E-state index in [-0.39, 0.29) is 0 Å². The molecule has 0 radical (unpaired) electrons. The molecule has 2 rings (SSSR count). The first-order valence-corrected chi connectivity index (χ1v) is 8.04. The van der Waals surface area contributed by atoms with Crippen LogP contribution in [-0.2, 0) is 0 Å². The normalized spacial score (nSPS) is 10.0. The second-order valence-corrected chi connectivity index (χ2v) is 6.10. The van der Waals surface area contributed by atoms with Gasteiger partial charge in [-0.15, -0.1) is 11.3 Å². The second-order valence-electron chi connectivity index (χ2n) is 4.57. The minimum Gasteiger partial charge on any atom is -0.488 e. The highest BCUT2D eigenvalue weighted by Crippen LogP contribution is 2.28. The van der Waals surface area contributed by atoms with Gasteiger partial charge in [-0.1, -0.05) is 29.4 Å². The highest BCUT2D eigenvalue weighted by atomic mass is 35.5. The van der Waals surface area contributed by atoms with E-state index in [2.05, 4.69) is 10.3 Å². The van der Waals surface area contributed by atoms with Gasteiger partial charge in [0.15, 0.2) is 0 Å². The van der Waals surface area contributed by atoms with Crippen LogP contribution in [0, 0.1) is 0 Å². The molecule has 0 saturated heterocycles. The molecule has 1 aromatic heterocycles. The van der Waals surface area contributed by atoms with Crippen molar-refractivity contribution in [1.82, 2.24) is 4.98 Å². The largest absolute Gasteiger partial charge is 0.488 e. The molecule has 2 aromatic rings. The Bertz CT molecular complexity index is 650. The van der Waals surface area contributed by atoms with Gasteiger partial charge in [0.25, 0.3) is 0 Å². The minimum absolute atomic E-state index is 0.488. The summed E-state index contributed by atoms with van der Waals surface area (Å²) in [6.07, 6.45) is 2.00. The molecule has 0 saturated carbocycles. The molecule has 3 nitrogen and oxygen atoms in total. The van der Waals surface area contributed by atoms with Gasteiger partial charge in [-0.2, -0.15) is 0 Å². The van der Waals surface area contributed by atoms with E-state index >= 15 is 0 Å². The summed E-state index contributed by atoms with van der Waals surface area (Å²) >= 11 is 12.9. The zero-order valence-corrected chi connectivity index (χ0v) is 14.1. The zero-order chi connectivity index (χ0) is 15.2. The number of nitrogens with zero attached hydrogens (tertiary/aromatic N) is 1. The van der Waals surface area contributed by atoms with Crippen molar-refractivity contribution in [2.75, 3.05) is 11.9 Å². The van der Waals surface area contributed by atoms with Crippen molar-refractivity contribution in [3.63, 3.8) is 0 Å². The number of thiazole rings is 1. The van der Waals surface area contributed by atoms with E-state index < -0.39 is 0 Å². The van der Waals surface area contributed by atoms with Gasteiger partial charge >= 0.3 is 0 Å². The van der Waals surface area contributed by atoms with E-state index in [1.165, 1.54) is 16.9 Å². The van der Waals surface area contributed by atoms with Crippen LogP contribution in [0.5, 0.6) is 5.75 Å². The Morgan fingerprint density at radius 1 is 1.48 bits per heavy atom. The van der Waals surface area contributed by atoms with Crippen LogP contribution < -0.4 is 10.1 Å². The minimum atomic E-state index is 0.488. The monoisotopic (exact) mass is 338 g/mol. The Balaban J connectivity index is 2.07. The number of allylic oxidation sites excluding steroid dienone is 1. The van der Waals surface area contributed by atoms with E-state index in [0.29, 0.717) is 22.4 Å². The predicted molar refractivity (Wildman–Crippen MR) is 93.8 cm³/mol. The second kappa shape index (κ2) is 7.54. The molecule has 0 bridgehead atoms. The van der Waals surface area contributed by atoms with E-state index in [1.54, 1.807) is 11.6 Å². The van der Waals surface area contributed by atoms with Gasteiger partial charge in [0.1, 0.15) is 23.0 Å². The molecule has 0 atom stereocenters. The van der Waals surface area contributed by atoms with E-state index in [0.717, 1.165) is 11.4 Å². The fraction of sp³-hybridized carbons (Fsp3) is 0.200. The van der Waals surface area contributed by atoms with Crippen LogP contribution in [-0.4, -0.2) is 16.6 Å². The molecular formula is C15H15ClN2OS2. The van der Waals surface area contributed by atoms with Crippen molar-refractivity contribution < 1.29 is 4.74 Å². The number of nitrogens with one attached hydrogen (secondary N) is 1. The standard InChI is InChI=1S/C15H15ClN2OS2/c1-10(2)5-6-19-14-7-11(3-4-12(14)16)18-15(20)13-8-21-9-17-13/h3-5,7-9H,6H2,1-2H3,(H,18,20).